The van der Waals surface area contributed by atoms with Crippen LogP contribution >= 0.6 is 0 Å². The number of terminal acetylenes is 1. The van der Waals surface area contributed by atoms with Crippen LogP contribution in [0.1, 0.15) is 18.4 Å². The normalized spacial score (nSPS) is 17.1. The van der Waals surface area contributed by atoms with Crippen LogP contribution in [0.4, 0.5) is 5.69 Å². The van der Waals surface area contributed by atoms with Crippen molar-refractivity contribution in [2.75, 3.05) is 32.1 Å². The number of likely N-dealkylation sites (tertiary alicyclic amines) is 1. The quantitative estimate of drug-likeness (QED) is 0.820. The summed E-state index contributed by atoms with van der Waals surface area (Å²) in [5.41, 5.74) is 2.41. The predicted molar refractivity (Wildman–Crippen MR) is 79.1 cm³/mol. The highest BCUT2D eigenvalue weighted by Gasteiger charge is 2.18. The number of ether oxygens (including phenoxy) is 1. The van der Waals surface area contributed by atoms with Crippen molar-refractivity contribution in [3.63, 3.8) is 0 Å². The lowest BCUT2D eigenvalue weighted by atomic mass is 10.0. The number of hydrogen-bond acceptors (Lipinski definition) is 3. The van der Waals surface area contributed by atoms with Gasteiger partial charge < -0.3 is 10.1 Å². The molecule has 0 saturated carbocycles. The number of piperidine rings is 1. The highest BCUT2D eigenvalue weighted by atomic mass is 16.5. The third-order valence-electron chi connectivity index (χ3n) is 3.58. The van der Waals surface area contributed by atoms with E-state index >= 15 is 0 Å². The number of anilines is 1. The second-order valence-corrected chi connectivity index (χ2v) is 4.99. The fourth-order valence-electron chi connectivity index (χ4n) is 2.53. The Bertz CT molecular complexity index is 431. The van der Waals surface area contributed by atoms with Crippen LogP contribution in [0.2, 0.25) is 0 Å². The monoisotopic (exact) mass is 258 g/mol. The molecular weight excluding hydrogens is 236 g/mol. The van der Waals surface area contributed by atoms with Gasteiger partial charge in [-0.3, -0.25) is 4.90 Å². The smallest absolute Gasteiger partial charge is 0.0733 e. The molecule has 1 aromatic carbocycles. The van der Waals surface area contributed by atoms with Crippen molar-refractivity contribution in [1.29, 1.82) is 0 Å². The van der Waals surface area contributed by atoms with E-state index in [-0.39, 0.29) is 0 Å². The Labute approximate surface area is 115 Å². The summed E-state index contributed by atoms with van der Waals surface area (Å²) in [6, 6.07) is 8.89. The lowest BCUT2D eigenvalue weighted by molar-refractivity contribution is 0.185. The molecule has 1 N–H and O–H groups in total. The number of nitrogens with zero attached hydrogens (tertiary/aromatic N) is 1. The van der Waals surface area contributed by atoms with Gasteiger partial charge in [-0.25, -0.2) is 0 Å². The average molecular weight is 258 g/mol. The zero-order valence-corrected chi connectivity index (χ0v) is 11.6. The van der Waals surface area contributed by atoms with Crippen molar-refractivity contribution in [1.82, 2.24) is 4.90 Å². The Morgan fingerprint density at radius 2 is 2.11 bits per heavy atom. The molecule has 0 aliphatic carbocycles. The molecule has 2 rings (SSSR count). The Balaban J connectivity index is 1.90. The van der Waals surface area contributed by atoms with E-state index in [4.69, 9.17) is 11.2 Å². The molecule has 1 aromatic rings. The molecule has 102 valence electrons. The average Bonchev–Trinajstić information content (AvgIpc) is 2.44. The second kappa shape index (κ2) is 7.18. The van der Waals surface area contributed by atoms with Crippen LogP contribution in [0, 0.1) is 12.3 Å². The molecule has 0 spiro atoms. The standard InChI is InChI=1S/C16H22N2O/c1-3-10-18-11-8-15(9-12-18)17-16-7-5-4-6-14(16)13-19-2/h1,4-7,15,17H,8-13H2,2H3. The van der Waals surface area contributed by atoms with E-state index in [2.05, 4.69) is 40.4 Å². The minimum atomic E-state index is 0.534. The van der Waals surface area contributed by atoms with E-state index in [9.17, 15) is 0 Å². The first-order valence-corrected chi connectivity index (χ1v) is 6.82. The van der Waals surface area contributed by atoms with Crippen molar-refractivity contribution in [2.24, 2.45) is 0 Å². The van der Waals surface area contributed by atoms with Gasteiger partial charge in [0.15, 0.2) is 0 Å². The fraction of sp³-hybridized carbons (Fsp3) is 0.500. The largest absolute Gasteiger partial charge is 0.382 e. The molecule has 0 aromatic heterocycles. The van der Waals surface area contributed by atoms with Crippen LogP contribution in [0.3, 0.4) is 0 Å². The molecule has 0 unspecified atom stereocenters. The summed E-state index contributed by atoms with van der Waals surface area (Å²) in [5, 5.41) is 3.64. The van der Waals surface area contributed by atoms with E-state index in [1.165, 1.54) is 11.3 Å². The Kier molecular flexibility index (Phi) is 5.26. The Morgan fingerprint density at radius 1 is 1.37 bits per heavy atom. The van der Waals surface area contributed by atoms with E-state index in [1.807, 2.05) is 0 Å². The summed E-state index contributed by atoms with van der Waals surface area (Å²) < 4.78 is 5.24. The summed E-state index contributed by atoms with van der Waals surface area (Å²) in [4.78, 5) is 2.33. The first-order valence-electron chi connectivity index (χ1n) is 6.82. The van der Waals surface area contributed by atoms with Crippen LogP contribution in [-0.4, -0.2) is 37.7 Å². The molecule has 1 aliphatic rings. The lowest BCUT2D eigenvalue weighted by Gasteiger charge is -2.32. The number of rotatable bonds is 5. The first kappa shape index (κ1) is 13.9. The molecule has 0 radical (unpaired) electrons. The van der Waals surface area contributed by atoms with Gasteiger partial charge in [0, 0.05) is 37.5 Å². The predicted octanol–water partition coefficient (Wildman–Crippen LogP) is 2.34. The SMILES string of the molecule is C#CCN1CCC(Nc2ccccc2COC)CC1. The molecule has 0 amide bonds. The minimum absolute atomic E-state index is 0.534. The van der Waals surface area contributed by atoms with E-state index < -0.39 is 0 Å². The van der Waals surface area contributed by atoms with Crippen LogP contribution in [0.5, 0.6) is 0 Å². The zero-order chi connectivity index (χ0) is 13.5. The lowest BCUT2D eigenvalue weighted by Crippen LogP contribution is -2.39. The number of para-hydroxylation sites is 1. The van der Waals surface area contributed by atoms with Crippen molar-refractivity contribution in [3.05, 3.63) is 29.8 Å². The van der Waals surface area contributed by atoms with Crippen LogP contribution in [0.25, 0.3) is 0 Å². The fourth-order valence-corrected chi connectivity index (χ4v) is 2.53. The number of hydrogen-bond donors (Lipinski definition) is 1. The van der Waals surface area contributed by atoms with E-state index in [1.54, 1.807) is 7.11 Å². The molecule has 1 heterocycles. The molecule has 19 heavy (non-hydrogen) atoms. The van der Waals surface area contributed by atoms with Crippen molar-refractivity contribution < 1.29 is 4.74 Å². The van der Waals surface area contributed by atoms with Crippen molar-refractivity contribution >= 4 is 5.69 Å². The molecule has 0 atom stereocenters. The number of nitrogens with one attached hydrogen (secondary N) is 1. The van der Waals surface area contributed by atoms with Gasteiger partial charge in [0.25, 0.3) is 0 Å². The maximum atomic E-state index is 5.35. The second-order valence-electron chi connectivity index (χ2n) is 4.99. The van der Waals surface area contributed by atoms with Crippen LogP contribution in [-0.2, 0) is 11.3 Å². The highest BCUT2D eigenvalue weighted by Crippen LogP contribution is 2.20. The molecule has 3 nitrogen and oxygen atoms in total. The molecule has 0 bridgehead atoms. The Hall–Kier alpha value is -1.50. The van der Waals surface area contributed by atoms with Gasteiger partial charge >= 0.3 is 0 Å². The first-order chi connectivity index (χ1) is 9.33. The van der Waals surface area contributed by atoms with Gasteiger partial charge in [0.1, 0.15) is 0 Å². The Morgan fingerprint density at radius 3 is 2.79 bits per heavy atom. The number of methoxy groups -OCH3 is 1. The zero-order valence-electron chi connectivity index (χ0n) is 11.6. The minimum Gasteiger partial charge on any atom is -0.382 e. The van der Waals surface area contributed by atoms with Gasteiger partial charge in [0.05, 0.1) is 13.2 Å². The van der Waals surface area contributed by atoms with E-state index in [0.29, 0.717) is 12.6 Å². The summed E-state index contributed by atoms with van der Waals surface area (Å²) in [6.45, 7) is 3.58. The van der Waals surface area contributed by atoms with E-state index in [0.717, 1.165) is 32.5 Å². The van der Waals surface area contributed by atoms with Gasteiger partial charge in [-0.05, 0) is 18.9 Å². The maximum Gasteiger partial charge on any atom is 0.0733 e. The topological polar surface area (TPSA) is 24.5 Å². The molecule has 1 saturated heterocycles. The number of benzene rings is 1. The summed E-state index contributed by atoms with van der Waals surface area (Å²) in [6.07, 6.45) is 7.63. The third-order valence-corrected chi connectivity index (χ3v) is 3.58. The highest BCUT2D eigenvalue weighted by molar-refractivity contribution is 5.51. The van der Waals surface area contributed by atoms with Crippen molar-refractivity contribution in [2.45, 2.75) is 25.5 Å². The summed E-state index contributed by atoms with van der Waals surface area (Å²) in [7, 11) is 1.73. The molecule has 3 heteroatoms. The van der Waals surface area contributed by atoms with Crippen LogP contribution < -0.4 is 5.32 Å². The molecular formula is C16H22N2O. The van der Waals surface area contributed by atoms with Gasteiger partial charge in [-0.2, -0.15) is 0 Å². The maximum absolute atomic E-state index is 5.35. The summed E-state index contributed by atoms with van der Waals surface area (Å²) in [5.74, 6) is 2.72. The third kappa shape index (κ3) is 3.99. The van der Waals surface area contributed by atoms with Gasteiger partial charge in [-0.15, -0.1) is 6.42 Å². The molecule has 1 aliphatic heterocycles. The van der Waals surface area contributed by atoms with Crippen LogP contribution in [0.15, 0.2) is 24.3 Å². The van der Waals surface area contributed by atoms with Gasteiger partial charge in [-0.1, -0.05) is 24.1 Å². The van der Waals surface area contributed by atoms with Crippen molar-refractivity contribution in [3.8, 4) is 12.3 Å². The molecule has 1 fully saturated rings. The summed E-state index contributed by atoms with van der Waals surface area (Å²) >= 11 is 0. The van der Waals surface area contributed by atoms with Gasteiger partial charge in [0.2, 0.25) is 0 Å².